The number of nitrogens with one attached hydrogen (secondary N) is 2. The first-order valence-corrected chi connectivity index (χ1v) is 12.3. The number of hydrogen-bond acceptors (Lipinski definition) is 7. The third-order valence-electron chi connectivity index (χ3n) is 4.48. The smallest absolute Gasteiger partial charge is 0.267 e. The van der Waals surface area contributed by atoms with E-state index < -0.39 is 28.4 Å². The summed E-state index contributed by atoms with van der Waals surface area (Å²) in [4.78, 5) is 25.4. The van der Waals surface area contributed by atoms with Crippen LogP contribution in [0.2, 0.25) is 0 Å². The lowest BCUT2D eigenvalue weighted by Crippen LogP contribution is -2.20. The standard InChI is InChI=1S/C20H19BrFN3O5S2/c1-9-5-10(2)17(13(6-9)14(26)8-22)23-19(27)18-15(7-11(3)31-18)32(28,29)25-20-16(21)12(4)24-30-20/h5-7,25H,8H2,1-4H3,(H,23,27). The highest BCUT2D eigenvalue weighted by Gasteiger charge is 2.29. The molecule has 1 amide bonds. The van der Waals surface area contributed by atoms with Crippen LogP contribution in [-0.4, -0.2) is 31.9 Å². The Morgan fingerprint density at radius 2 is 1.88 bits per heavy atom. The second-order valence-corrected chi connectivity index (χ2v) is 10.8. The van der Waals surface area contributed by atoms with Gasteiger partial charge in [0.05, 0.1) is 11.4 Å². The molecule has 0 radical (unpaired) electrons. The van der Waals surface area contributed by atoms with E-state index in [1.807, 2.05) is 0 Å². The molecular weight excluding hydrogens is 525 g/mol. The predicted molar refractivity (Wildman–Crippen MR) is 123 cm³/mol. The van der Waals surface area contributed by atoms with Gasteiger partial charge in [-0.05, 0) is 66.9 Å². The molecule has 32 heavy (non-hydrogen) atoms. The highest BCUT2D eigenvalue weighted by Crippen LogP contribution is 2.33. The van der Waals surface area contributed by atoms with Gasteiger partial charge in [0.2, 0.25) is 0 Å². The first-order valence-electron chi connectivity index (χ1n) is 9.21. The Kier molecular flexibility index (Phi) is 6.86. The van der Waals surface area contributed by atoms with Crippen molar-refractivity contribution in [3.63, 3.8) is 0 Å². The van der Waals surface area contributed by atoms with Gasteiger partial charge in [0, 0.05) is 10.4 Å². The van der Waals surface area contributed by atoms with E-state index in [1.165, 1.54) is 12.1 Å². The maximum atomic E-state index is 13.1. The molecule has 3 rings (SSSR count). The van der Waals surface area contributed by atoms with Gasteiger partial charge in [0.15, 0.2) is 12.5 Å². The molecule has 12 heteroatoms. The van der Waals surface area contributed by atoms with Crippen LogP contribution in [0.1, 0.15) is 41.7 Å². The van der Waals surface area contributed by atoms with Gasteiger partial charge in [-0.15, -0.1) is 11.3 Å². The van der Waals surface area contributed by atoms with Crippen molar-refractivity contribution < 1.29 is 26.9 Å². The first kappa shape index (κ1) is 24.1. The Labute approximate surface area is 196 Å². The highest BCUT2D eigenvalue weighted by atomic mass is 79.9. The average Bonchev–Trinajstić information content (AvgIpc) is 3.27. The number of amides is 1. The number of anilines is 2. The fraction of sp³-hybridized carbons (Fsp3) is 0.250. The predicted octanol–water partition coefficient (Wildman–Crippen LogP) is 4.94. The normalized spacial score (nSPS) is 11.4. The van der Waals surface area contributed by atoms with E-state index in [0.717, 1.165) is 16.9 Å². The zero-order valence-corrected chi connectivity index (χ0v) is 20.7. The Balaban J connectivity index is 2.00. The minimum absolute atomic E-state index is 0.0234. The van der Waals surface area contributed by atoms with Gasteiger partial charge in [-0.2, -0.15) is 0 Å². The number of benzene rings is 1. The number of thiophene rings is 1. The van der Waals surface area contributed by atoms with Crippen LogP contribution in [0.5, 0.6) is 0 Å². The number of carbonyl (C=O) groups is 2. The molecule has 0 spiro atoms. The van der Waals surface area contributed by atoms with Gasteiger partial charge in [-0.1, -0.05) is 11.2 Å². The molecular formula is C20H19BrFN3O5S2. The van der Waals surface area contributed by atoms with Crippen LogP contribution in [0.15, 0.2) is 32.1 Å². The molecule has 0 bridgehead atoms. The van der Waals surface area contributed by atoms with E-state index in [4.69, 9.17) is 4.52 Å². The van der Waals surface area contributed by atoms with Gasteiger partial charge in [-0.25, -0.2) is 17.5 Å². The van der Waals surface area contributed by atoms with Gasteiger partial charge < -0.3 is 9.84 Å². The maximum absolute atomic E-state index is 13.1. The highest BCUT2D eigenvalue weighted by molar-refractivity contribution is 9.10. The van der Waals surface area contributed by atoms with Crippen LogP contribution in [-0.2, 0) is 10.0 Å². The van der Waals surface area contributed by atoms with E-state index >= 15 is 0 Å². The summed E-state index contributed by atoms with van der Waals surface area (Å²) < 4.78 is 46.6. The number of Topliss-reactive ketones (excluding diaryl/α,β-unsaturated/α-hetero) is 1. The zero-order valence-electron chi connectivity index (χ0n) is 17.5. The number of aromatic nitrogens is 1. The van der Waals surface area contributed by atoms with Crippen molar-refractivity contribution in [1.82, 2.24) is 5.16 Å². The molecule has 0 saturated carbocycles. The van der Waals surface area contributed by atoms with Crippen molar-refractivity contribution in [2.24, 2.45) is 0 Å². The number of alkyl halides is 1. The molecule has 0 atom stereocenters. The van der Waals surface area contributed by atoms with Gasteiger partial charge in [0.1, 0.15) is 14.2 Å². The Morgan fingerprint density at radius 3 is 2.47 bits per heavy atom. The van der Waals surface area contributed by atoms with Crippen molar-refractivity contribution in [2.45, 2.75) is 32.6 Å². The van der Waals surface area contributed by atoms with Gasteiger partial charge in [0.25, 0.3) is 21.8 Å². The summed E-state index contributed by atoms with van der Waals surface area (Å²) in [5.74, 6) is -1.64. The van der Waals surface area contributed by atoms with Crippen molar-refractivity contribution in [3.05, 3.63) is 54.8 Å². The third-order valence-corrected chi connectivity index (χ3v) is 7.94. The molecule has 2 heterocycles. The molecule has 0 aliphatic carbocycles. The van der Waals surface area contributed by atoms with Crippen molar-refractivity contribution in [3.8, 4) is 0 Å². The largest absolute Gasteiger partial charge is 0.336 e. The van der Waals surface area contributed by atoms with Crippen LogP contribution >= 0.6 is 27.3 Å². The number of rotatable bonds is 7. The molecule has 3 aromatic rings. The second-order valence-electron chi connectivity index (χ2n) is 7.08. The quantitative estimate of drug-likeness (QED) is 0.407. The minimum atomic E-state index is -4.21. The molecule has 1 aromatic carbocycles. The fourth-order valence-corrected chi connectivity index (χ4v) is 5.91. The van der Waals surface area contributed by atoms with Crippen molar-refractivity contribution in [2.75, 3.05) is 16.7 Å². The van der Waals surface area contributed by atoms with E-state index in [0.29, 0.717) is 20.6 Å². The average molecular weight is 544 g/mol. The summed E-state index contributed by atoms with van der Waals surface area (Å²) in [7, 11) is -4.21. The molecule has 0 fully saturated rings. The molecule has 0 unspecified atom stereocenters. The molecule has 2 N–H and O–H groups in total. The van der Waals surface area contributed by atoms with Crippen molar-refractivity contribution in [1.29, 1.82) is 0 Å². The summed E-state index contributed by atoms with van der Waals surface area (Å²) in [5.41, 5.74) is 1.88. The Hall–Kier alpha value is -2.57. The van der Waals surface area contributed by atoms with Crippen LogP contribution < -0.4 is 10.0 Å². The number of aryl methyl sites for hydroxylation is 4. The first-order chi connectivity index (χ1) is 14.9. The molecule has 0 aliphatic heterocycles. The maximum Gasteiger partial charge on any atom is 0.267 e. The summed E-state index contributed by atoms with van der Waals surface area (Å²) in [6.45, 7) is 5.47. The zero-order chi connectivity index (χ0) is 23.8. The van der Waals surface area contributed by atoms with E-state index in [-0.39, 0.29) is 26.9 Å². The number of hydrogen-bond donors (Lipinski definition) is 2. The van der Waals surface area contributed by atoms with Crippen molar-refractivity contribution >= 4 is 60.6 Å². The minimum Gasteiger partial charge on any atom is -0.336 e. The number of halogens is 2. The van der Waals surface area contributed by atoms with E-state index in [1.54, 1.807) is 33.8 Å². The second kappa shape index (κ2) is 9.12. The lowest BCUT2D eigenvalue weighted by molar-refractivity contribution is 0.0959. The summed E-state index contributed by atoms with van der Waals surface area (Å²) >= 11 is 4.16. The molecule has 8 nitrogen and oxygen atoms in total. The number of nitrogens with zero attached hydrogens (tertiary/aromatic N) is 1. The number of ketones is 1. The number of carbonyl (C=O) groups excluding carboxylic acids is 2. The fourth-order valence-electron chi connectivity index (χ4n) is 3.04. The van der Waals surface area contributed by atoms with E-state index in [9.17, 15) is 22.4 Å². The van der Waals surface area contributed by atoms with E-state index in [2.05, 4.69) is 31.1 Å². The topological polar surface area (TPSA) is 118 Å². The molecule has 0 saturated heterocycles. The van der Waals surface area contributed by atoms with Gasteiger partial charge in [-0.3, -0.25) is 9.59 Å². The lowest BCUT2D eigenvalue weighted by Gasteiger charge is -2.14. The Bertz CT molecular complexity index is 1330. The molecule has 2 aromatic heterocycles. The summed E-state index contributed by atoms with van der Waals surface area (Å²) in [5, 5.41) is 6.27. The monoisotopic (exact) mass is 543 g/mol. The molecule has 170 valence electrons. The molecule has 0 aliphatic rings. The van der Waals surface area contributed by atoms with Crippen LogP contribution in [0.4, 0.5) is 16.0 Å². The van der Waals surface area contributed by atoms with Crippen LogP contribution in [0.25, 0.3) is 0 Å². The van der Waals surface area contributed by atoms with Crippen LogP contribution in [0, 0.1) is 27.7 Å². The Morgan fingerprint density at radius 1 is 1.19 bits per heavy atom. The lowest BCUT2D eigenvalue weighted by atomic mass is 10.0. The van der Waals surface area contributed by atoms with Gasteiger partial charge >= 0.3 is 0 Å². The summed E-state index contributed by atoms with van der Waals surface area (Å²) in [6.07, 6.45) is 0. The SMILES string of the molecule is Cc1cc(C)c(NC(=O)c2sc(C)cc2S(=O)(=O)Nc2onc(C)c2Br)c(C(=O)CF)c1. The third kappa shape index (κ3) is 4.76. The number of sulfonamides is 1. The summed E-state index contributed by atoms with van der Waals surface area (Å²) in [6, 6.07) is 4.56. The van der Waals surface area contributed by atoms with Crippen LogP contribution in [0.3, 0.4) is 0 Å².